The van der Waals surface area contributed by atoms with Crippen molar-refractivity contribution in [2.45, 2.75) is 26.4 Å². The van der Waals surface area contributed by atoms with Crippen LogP contribution in [0.4, 0.5) is 16.2 Å². The second kappa shape index (κ2) is 10.1. The minimum Gasteiger partial charge on any atom is -0.444 e. The van der Waals surface area contributed by atoms with Crippen molar-refractivity contribution in [3.63, 3.8) is 0 Å². The third-order valence-electron chi connectivity index (χ3n) is 4.32. The largest absolute Gasteiger partial charge is 0.444 e. The summed E-state index contributed by atoms with van der Waals surface area (Å²) in [4.78, 5) is 37.3. The number of carbonyl (C=O) groups excluding carboxylic acids is 3. The standard InChI is InChI=1S/C25H25N3O4S/c1-25(2,3)32-24(31)28-19-11-10-17(21-8-5-13-33-21)15-20(19)27-22(29)12-9-16-6-4-7-18(14-16)23(26)30/h4-15H,1-3H3,(H2,26,30)(H,27,29)(H,28,31)/b12-9+. The van der Waals surface area contributed by atoms with E-state index in [0.29, 0.717) is 22.5 Å². The van der Waals surface area contributed by atoms with Crippen molar-refractivity contribution in [3.8, 4) is 10.4 Å². The van der Waals surface area contributed by atoms with Crippen LogP contribution in [-0.2, 0) is 9.53 Å². The Hall–Kier alpha value is -3.91. The molecule has 33 heavy (non-hydrogen) atoms. The number of amides is 3. The summed E-state index contributed by atoms with van der Waals surface area (Å²) in [7, 11) is 0. The monoisotopic (exact) mass is 463 g/mol. The first-order chi connectivity index (χ1) is 15.6. The Morgan fingerprint density at radius 1 is 0.970 bits per heavy atom. The highest BCUT2D eigenvalue weighted by Crippen LogP contribution is 2.32. The highest BCUT2D eigenvalue weighted by atomic mass is 32.1. The third-order valence-corrected chi connectivity index (χ3v) is 5.24. The molecule has 3 aromatic rings. The van der Waals surface area contributed by atoms with Crippen LogP contribution >= 0.6 is 11.3 Å². The fraction of sp³-hybridized carbons (Fsp3) is 0.160. The lowest BCUT2D eigenvalue weighted by molar-refractivity contribution is -0.111. The molecule has 1 heterocycles. The molecule has 2 aromatic carbocycles. The molecule has 3 amide bonds. The summed E-state index contributed by atoms with van der Waals surface area (Å²) in [5.74, 6) is -0.951. The van der Waals surface area contributed by atoms with Gasteiger partial charge >= 0.3 is 6.09 Å². The van der Waals surface area contributed by atoms with Crippen LogP contribution in [0.15, 0.2) is 66.1 Å². The Bertz CT molecular complexity index is 1190. The summed E-state index contributed by atoms with van der Waals surface area (Å²) < 4.78 is 5.33. The molecule has 3 rings (SSSR count). The molecule has 0 unspecified atom stereocenters. The molecule has 170 valence electrons. The zero-order valence-corrected chi connectivity index (χ0v) is 19.4. The van der Waals surface area contributed by atoms with Gasteiger partial charge in [0.25, 0.3) is 0 Å². The Kier molecular flexibility index (Phi) is 7.30. The maximum absolute atomic E-state index is 12.6. The van der Waals surface area contributed by atoms with E-state index >= 15 is 0 Å². The van der Waals surface area contributed by atoms with Crippen LogP contribution in [0, 0.1) is 0 Å². The number of nitrogens with one attached hydrogen (secondary N) is 2. The van der Waals surface area contributed by atoms with Crippen LogP contribution in [0.25, 0.3) is 16.5 Å². The van der Waals surface area contributed by atoms with Gasteiger partial charge in [-0.05, 0) is 73.7 Å². The molecule has 1 aromatic heterocycles. The summed E-state index contributed by atoms with van der Waals surface area (Å²) in [6.45, 7) is 5.31. The van der Waals surface area contributed by atoms with Crippen LogP contribution < -0.4 is 16.4 Å². The van der Waals surface area contributed by atoms with Crippen molar-refractivity contribution in [1.29, 1.82) is 0 Å². The average molecular weight is 464 g/mol. The number of thiophene rings is 1. The second-order valence-electron chi connectivity index (χ2n) is 8.18. The van der Waals surface area contributed by atoms with Crippen molar-refractivity contribution >= 4 is 46.7 Å². The van der Waals surface area contributed by atoms with Crippen molar-refractivity contribution in [2.75, 3.05) is 10.6 Å². The predicted molar refractivity (Wildman–Crippen MR) is 132 cm³/mol. The van der Waals surface area contributed by atoms with E-state index in [-0.39, 0.29) is 0 Å². The van der Waals surface area contributed by atoms with Gasteiger partial charge in [-0.15, -0.1) is 11.3 Å². The van der Waals surface area contributed by atoms with Crippen molar-refractivity contribution in [1.82, 2.24) is 0 Å². The normalized spacial score (nSPS) is 11.2. The molecule has 0 aliphatic rings. The van der Waals surface area contributed by atoms with Gasteiger partial charge in [0.05, 0.1) is 11.4 Å². The van der Waals surface area contributed by atoms with Crippen LogP contribution in [-0.4, -0.2) is 23.5 Å². The zero-order valence-electron chi connectivity index (χ0n) is 18.5. The molecule has 7 nitrogen and oxygen atoms in total. The van der Waals surface area contributed by atoms with E-state index in [2.05, 4.69) is 10.6 Å². The van der Waals surface area contributed by atoms with E-state index in [9.17, 15) is 14.4 Å². The van der Waals surface area contributed by atoms with Gasteiger partial charge in [0, 0.05) is 16.5 Å². The molecule has 0 aliphatic carbocycles. The number of benzene rings is 2. The van der Waals surface area contributed by atoms with Gasteiger partial charge < -0.3 is 15.8 Å². The summed E-state index contributed by atoms with van der Waals surface area (Å²) in [5.41, 5.74) is 7.37. The van der Waals surface area contributed by atoms with Crippen LogP contribution in [0.5, 0.6) is 0 Å². The van der Waals surface area contributed by atoms with Gasteiger partial charge in [-0.25, -0.2) is 4.79 Å². The maximum atomic E-state index is 12.6. The van der Waals surface area contributed by atoms with Gasteiger partial charge in [-0.3, -0.25) is 14.9 Å². The zero-order chi connectivity index (χ0) is 24.0. The minimum atomic E-state index is -0.660. The Balaban J connectivity index is 1.83. The Morgan fingerprint density at radius 2 is 1.76 bits per heavy atom. The highest BCUT2D eigenvalue weighted by molar-refractivity contribution is 7.13. The fourth-order valence-corrected chi connectivity index (χ4v) is 3.63. The molecular weight excluding hydrogens is 438 g/mol. The first-order valence-corrected chi connectivity index (χ1v) is 11.1. The number of anilines is 2. The molecule has 4 N–H and O–H groups in total. The van der Waals surface area contributed by atoms with Crippen LogP contribution in [0.3, 0.4) is 0 Å². The number of primary amides is 1. The second-order valence-corrected chi connectivity index (χ2v) is 9.12. The van der Waals surface area contributed by atoms with E-state index in [1.165, 1.54) is 6.08 Å². The average Bonchev–Trinajstić information content (AvgIpc) is 3.27. The molecule has 0 saturated carbocycles. The number of ether oxygens (including phenoxy) is 1. The molecule has 0 bridgehead atoms. The minimum absolute atomic E-state index is 0.352. The lowest BCUT2D eigenvalue weighted by Gasteiger charge is -2.20. The number of rotatable bonds is 6. The maximum Gasteiger partial charge on any atom is 0.412 e. The quantitative estimate of drug-likeness (QED) is 0.418. The smallest absolute Gasteiger partial charge is 0.412 e. The van der Waals surface area contributed by atoms with Crippen molar-refractivity contribution < 1.29 is 19.1 Å². The first kappa shape index (κ1) is 23.7. The van der Waals surface area contributed by atoms with E-state index in [1.807, 2.05) is 23.6 Å². The number of hydrogen-bond acceptors (Lipinski definition) is 5. The molecule has 0 atom stereocenters. The van der Waals surface area contributed by atoms with E-state index in [0.717, 1.165) is 10.4 Å². The van der Waals surface area contributed by atoms with Crippen LogP contribution in [0.2, 0.25) is 0 Å². The van der Waals surface area contributed by atoms with E-state index in [4.69, 9.17) is 10.5 Å². The van der Waals surface area contributed by atoms with E-state index in [1.54, 1.807) is 74.6 Å². The fourth-order valence-electron chi connectivity index (χ4n) is 2.91. The number of hydrogen-bond donors (Lipinski definition) is 3. The lowest BCUT2D eigenvalue weighted by atomic mass is 10.1. The predicted octanol–water partition coefficient (Wildman–Crippen LogP) is 5.51. The van der Waals surface area contributed by atoms with E-state index < -0.39 is 23.5 Å². The molecule has 8 heteroatoms. The van der Waals surface area contributed by atoms with Gasteiger partial charge in [0.15, 0.2) is 0 Å². The van der Waals surface area contributed by atoms with Crippen molar-refractivity contribution in [2.24, 2.45) is 5.73 Å². The first-order valence-electron chi connectivity index (χ1n) is 10.2. The van der Waals surface area contributed by atoms with Crippen molar-refractivity contribution in [3.05, 3.63) is 77.2 Å². The van der Waals surface area contributed by atoms with Gasteiger partial charge in [0.2, 0.25) is 11.8 Å². The highest BCUT2D eigenvalue weighted by Gasteiger charge is 2.18. The summed E-state index contributed by atoms with van der Waals surface area (Å²) in [6.07, 6.45) is 2.29. The lowest BCUT2D eigenvalue weighted by Crippen LogP contribution is -2.27. The number of nitrogens with two attached hydrogens (primary N) is 1. The molecule has 0 radical (unpaired) electrons. The molecule has 0 fully saturated rings. The van der Waals surface area contributed by atoms with Gasteiger partial charge in [-0.1, -0.05) is 24.3 Å². The summed E-state index contributed by atoms with van der Waals surface area (Å²) in [6, 6.07) is 15.9. The molecular formula is C25H25N3O4S. The van der Waals surface area contributed by atoms with Crippen LogP contribution in [0.1, 0.15) is 36.7 Å². The third kappa shape index (κ3) is 7.05. The Morgan fingerprint density at radius 3 is 2.42 bits per heavy atom. The molecule has 0 spiro atoms. The summed E-state index contributed by atoms with van der Waals surface area (Å²) >= 11 is 1.57. The summed E-state index contributed by atoms with van der Waals surface area (Å²) in [5, 5.41) is 7.46. The van der Waals surface area contributed by atoms with Gasteiger partial charge in [0.1, 0.15) is 5.60 Å². The number of carbonyl (C=O) groups is 3. The molecule has 0 saturated heterocycles. The Labute approximate surface area is 196 Å². The van der Waals surface area contributed by atoms with Gasteiger partial charge in [-0.2, -0.15) is 0 Å². The topological polar surface area (TPSA) is 111 Å². The molecule has 0 aliphatic heterocycles. The SMILES string of the molecule is CC(C)(C)OC(=O)Nc1ccc(-c2cccs2)cc1NC(=O)/C=C/c1cccc(C(N)=O)c1.